The van der Waals surface area contributed by atoms with E-state index in [0.717, 1.165) is 54.8 Å². The predicted octanol–water partition coefficient (Wildman–Crippen LogP) is 5.17. The molecule has 0 heterocycles. The van der Waals surface area contributed by atoms with Crippen molar-refractivity contribution in [1.29, 1.82) is 0 Å². The van der Waals surface area contributed by atoms with Crippen LogP contribution in [0.4, 0.5) is 0 Å². The van der Waals surface area contributed by atoms with Gasteiger partial charge >= 0.3 is 5.97 Å². The first-order chi connectivity index (χ1) is 13.5. The van der Waals surface area contributed by atoms with Crippen LogP contribution in [-0.4, -0.2) is 18.9 Å². The van der Waals surface area contributed by atoms with Crippen molar-refractivity contribution in [2.45, 2.75) is 83.5 Å². The molecule has 8 bridgehead atoms. The van der Waals surface area contributed by atoms with Crippen molar-refractivity contribution in [2.24, 2.45) is 52.3 Å². The van der Waals surface area contributed by atoms with Gasteiger partial charge in [-0.25, -0.2) is 0 Å². The van der Waals surface area contributed by atoms with Gasteiger partial charge in [0.25, 0.3) is 0 Å². The molecule has 0 aliphatic heterocycles. The summed E-state index contributed by atoms with van der Waals surface area (Å²) in [7, 11) is 1.49. The largest absolute Gasteiger partial charge is 0.468 e. The smallest absolute Gasteiger partial charge is 0.316 e. The fourth-order valence-electron chi connectivity index (χ4n) is 10.4. The normalized spacial score (nSPS) is 51.3. The Balaban J connectivity index is 1.28. The van der Waals surface area contributed by atoms with Crippen LogP contribution in [0.2, 0.25) is 0 Å². The number of rotatable bonds is 5. The number of carbonyl (C=O) groups is 2. The van der Waals surface area contributed by atoms with Crippen molar-refractivity contribution in [3.05, 3.63) is 0 Å². The van der Waals surface area contributed by atoms with E-state index < -0.39 is 5.92 Å². The van der Waals surface area contributed by atoms with Gasteiger partial charge in [0.05, 0.1) is 7.11 Å². The standard InChI is InChI=1S/C25H36O3/c1-28-23(27)22(25-11-18-5-19(12-25)7-20(6-18)13-25)21(26)14-24-8-15-2-16(9-24)4-17(3-15)10-24/h15-20,22H,2-14H2,1H3. The van der Waals surface area contributed by atoms with Crippen LogP contribution in [0.5, 0.6) is 0 Å². The minimum Gasteiger partial charge on any atom is -0.468 e. The minimum absolute atomic E-state index is 0.0682. The van der Waals surface area contributed by atoms with Gasteiger partial charge in [-0.2, -0.15) is 0 Å². The lowest BCUT2D eigenvalue weighted by molar-refractivity contribution is -0.168. The van der Waals surface area contributed by atoms with Crippen LogP contribution in [0, 0.1) is 52.3 Å². The zero-order valence-electron chi connectivity index (χ0n) is 17.5. The first-order valence-corrected chi connectivity index (χ1v) is 12.1. The molecule has 3 heteroatoms. The molecule has 0 spiro atoms. The topological polar surface area (TPSA) is 43.4 Å². The summed E-state index contributed by atoms with van der Waals surface area (Å²) in [6.45, 7) is 0. The average Bonchev–Trinajstić information content (AvgIpc) is 2.58. The highest BCUT2D eigenvalue weighted by molar-refractivity contribution is 6.00. The summed E-state index contributed by atoms with van der Waals surface area (Å²) >= 11 is 0. The molecule has 1 atom stereocenters. The maximum Gasteiger partial charge on any atom is 0.316 e. The first kappa shape index (κ1) is 18.0. The third kappa shape index (κ3) is 2.67. The van der Waals surface area contributed by atoms with E-state index in [4.69, 9.17) is 4.74 Å². The fourth-order valence-corrected chi connectivity index (χ4v) is 10.4. The second-order valence-corrected chi connectivity index (χ2v) is 12.3. The van der Waals surface area contributed by atoms with Crippen molar-refractivity contribution >= 4 is 11.8 Å². The number of ketones is 1. The Morgan fingerprint density at radius 2 is 1.14 bits per heavy atom. The van der Waals surface area contributed by atoms with Crippen LogP contribution in [0.1, 0.15) is 83.5 Å². The lowest BCUT2D eigenvalue weighted by atomic mass is 9.44. The van der Waals surface area contributed by atoms with Crippen molar-refractivity contribution in [3.63, 3.8) is 0 Å². The Bertz CT molecular complexity index is 621. The summed E-state index contributed by atoms with van der Waals surface area (Å²) in [4.78, 5) is 26.9. The van der Waals surface area contributed by atoms with Crippen LogP contribution >= 0.6 is 0 Å². The number of Topliss-reactive ketones (excluding diaryl/α,β-unsaturated/α-hetero) is 1. The van der Waals surface area contributed by atoms with Gasteiger partial charge in [0.2, 0.25) is 0 Å². The minimum atomic E-state index is -0.473. The van der Waals surface area contributed by atoms with Crippen LogP contribution in [0.25, 0.3) is 0 Å². The first-order valence-electron chi connectivity index (χ1n) is 12.1. The quantitative estimate of drug-likeness (QED) is 0.485. The summed E-state index contributed by atoms with van der Waals surface area (Å²) in [5, 5.41) is 0. The predicted molar refractivity (Wildman–Crippen MR) is 106 cm³/mol. The van der Waals surface area contributed by atoms with E-state index in [1.807, 2.05) is 0 Å². The van der Waals surface area contributed by atoms with Gasteiger partial charge < -0.3 is 4.74 Å². The van der Waals surface area contributed by atoms with E-state index in [2.05, 4.69) is 0 Å². The fraction of sp³-hybridized carbons (Fsp3) is 0.920. The van der Waals surface area contributed by atoms with Crippen LogP contribution < -0.4 is 0 Å². The number of ether oxygens (including phenoxy) is 1. The Kier molecular flexibility index (Phi) is 3.90. The molecule has 3 nitrogen and oxygen atoms in total. The molecule has 8 fully saturated rings. The molecule has 0 amide bonds. The van der Waals surface area contributed by atoms with Gasteiger partial charge in [0.1, 0.15) is 11.7 Å². The second-order valence-electron chi connectivity index (χ2n) is 12.3. The van der Waals surface area contributed by atoms with Crippen molar-refractivity contribution in [2.75, 3.05) is 7.11 Å². The summed E-state index contributed by atoms with van der Waals surface area (Å²) in [5.74, 6) is 4.41. The van der Waals surface area contributed by atoms with Gasteiger partial charge in [-0.05, 0) is 123 Å². The number of methoxy groups -OCH3 is 1. The highest BCUT2D eigenvalue weighted by Gasteiger charge is 2.59. The molecule has 1 unspecified atom stereocenters. The maximum atomic E-state index is 13.8. The van der Waals surface area contributed by atoms with Gasteiger partial charge in [-0.3, -0.25) is 9.59 Å². The molecular weight excluding hydrogens is 348 g/mol. The van der Waals surface area contributed by atoms with Gasteiger partial charge in [0, 0.05) is 6.42 Å². The zero-order valence-corrected chi connectivity index (χ0v) is 17.5. The molecule has 0 aromatic carbocycles. The molecule has 8 aliphatic rings. The highest BCUT2D eigenvalue weighted by Crippen LogP contribution is 2.65. The zero-order chi connectivity index (χ0) is 19.1. The lowest BCUT2D eigenvalue weighted by Crippen LogP contribution is -2.55. The molecular formula is C25H36O3. The van der Waals surface area contributed by atoms with Gasteiger partial charge in [0.15, 0.2) is 0 Å². The Hall–Kier alpha value is -0.860. The third-order valence-electron chi connectivity index (χ3n) is 10.2. The summed E-state index contributed by atoms with van der Waals surface area (Å²) in [6.07, 6.45) is 16.0. The number of esters is 1. The van der Waals surface area contributed by atoms with Gasteiger partial charge in [-0.15, -0.1) is 0 Å². The van der Waals surface area contributed by atoms with Crippen molar-refractivity contribution in [3.8, 4) is 0 Å². The molecule has 8 saturated carbocycles. The molecule has 154 valence electrons. The molecule has 0 aromatic rings. The van der Waals surface area contributed by atoms with E-state index in [1.54, 1.807) is 0 Å². The summed E-state index contributed by atoms with van der Waals surface area (Å²) < 4.78 is 5.28. The number of hydrogen-bond acceptors (Lipinski definition) is 3. The van der Waals surface area contributed by atoms with Crippen LogP contribution in [0.15, 0.2) is 0 Å². The molecule has 0 radical (unpaired) electrons. The Morgan fingerprint density at radius 3 is 1.54 bits per heavy atom. The Labute approximate surface area is 169 Å². The van der Waals surface area contributed by atoms with Crippen LogP contribution in [0.3, 0.4) is 0 Å². The lowest BCUT2D eigenvalue weighted by Gasteiger charge is -2.59. The van der Waals surface area contributed by atoms with E-state index in [-0.39, 0.29) is 22.6 Å². The highest BCUT2D eigenvalue weighted by atomic mass is 16.5. The molecule has 28 heavy (non-hydrogen) atoms. The molecule has 8 rings (SSSR count). The number of hydrogen-bond donors (Lipinski definition) is 0. The van der Waals surface area contributed by atoms with E-state index in [1.165, 1.54) is 64.9 Å². The molecule has 0 N–H and O–H groups in total. The summed E-state index contributed by atoms with van der Waals surface area (Å²) in [5.41, 5.74) is 0.154. The molecule has 0 aromatic heterocycles. The number of carbonyl (C=O) groups excluding carboxylic acids is 2. The SMILES string of the molecule is COC(=O)C(C(=O)CC12CC3CC(CC(C3)C1)C2)C12CC3CC(CC(C3)C1)C2. The monoisotopic (exact) mass is 384 g/mol. The average molecular weight is 385 g/mol. The van der Waals surface area contributed by atoms with Crippen molar-refractivity contribution in [1.82, 2.24) is 0 Å². The van der Waals surface area contributed by atoms with Crippen molar-refractivity contribution < 1.29 is 14.3 Å². The van der Waals surface area contributed by atoms with Crippen LogP contribution in [-0.2, 0) is 14.3 Å². The van der Waals surface area contributed by atoms with E-state index in [9.17, 15) is 9.59 Å². The van der Waals surface area contributed by atoms with Gasteiger partial charge in [-0.1, -0.05) is 0 Å². The summed E-state index contributed by atoms with van der Waals surface area (Å²) in [6, 6.07) is 0. The maximum absolute atomic E-state index is 13.8. The third-order valence-corrected chi connectivity index (χ3v) is 10.2. The Morgan fingerprint density at radius 1 is 0.750 bits per heavy atom. The van der Waals surface area contributed by atoms with E-state index >= 15 is 0 Å². The molecule has 0 saturated heterocycles. The molecule has 8 aliphatic carbocycles. The second kappa shape index (κ2) is 6.08. The van der Waals surface area contributed by atoms with E-state index in [0.29, 0.717) is 6.42 Å².